The molecule has 1 atom stereocenters. The van der Waals surface area contributed by atoms with Crippen LogP contribution in [-0.2, 0) is 16.1 Å². The summed E-state index contributed by atoms with van der Waals surface area (Å²) in [4.78, 5) is 30.3. The van der Waals surface area contributed by atoms with Crippen molar-refractivity contribution in [2.45, 2.75) is 39.3 Å². The van der Waals surface area contributed by atoms with Crippen LogP contribution in [0.4, 0.5) is 0 Å². The Labute approximate surface area is 150 Å². The highest BCUT2D eigenvalue weighted by molar-refractivity contribution is 5.79. The van der Waals surface area contributed by atoms with Gasteiger partial charge in [-0.15, -0.1) is 0 Å². The van der Waals surface area contributed by atoms with Gasteiger partial charge >= 0.3 is 0 Å². The van der Waals surface area contributed by atoms with Crippen molar-refractivity contribution in [2.75, 3.05) is 32.7 Å². The first kappa shape index (κ1) is 17.9. The summed E-state index contributed by atoms with van der Waals surface area (Å²) in [6.45, 7) is 7.73. The largest absolute Gasteiger partial charge is 0.339 e. The molecule has 1 heterocycles. The quantitative estimate of drug-likeness (QED) is 0.793. The molecular weight excluding hydrogens is 314 g/mol. The van der Waals surface area contributed by atoms with Crippen molar-refractivity contribution in [3.8, 4) is 0 Å². The molecule has 1 saturated carbocycles. The number of hydrogen-bond donors (Lipinski definition) is 0. The van der Waals surface area contributed by atoms with Crippen molar-refractivity contribution in [1.82, 2.24) is 14.7 Å². The Balaban J connectivity index is 1.59. The highest BCUT2D eigenvalue weighted by atomic mass is 16.2. The lowest BCUT2D eigenvalue weighted by molar-refractivity contribution is -0.139. The van der Waals surface area contributed by atoms with Crippen LogP contribution in [0.15, 0.2) is 30.3 Å². The first-order valence-corrected chi connectivity index (χ1v) is 9.36. The number of amides is 2. The normalized spacial score (nSPS) is 19.2. The van der Waals surface area contributed by atoms with E-state index < -0.39 is 0 Å². The zero-order valence-corrected chi connectivity index (χ0v) is 15.4. The van der Waals surface area contributed by atoms with Gasteiger partial charge in [-0.1, -0.05) is 30.3 Å². The molecule has 2 amide bonds. The minimum Gasteiger partial charge on any atom is -0.339 e. The molecule has 0 spiro atoms. The fourth-order valence-electron chi connectivity index (χ4n) is 3.58. The van der Waals surface area contributed by atoms with Crippen molar-refractivity contribution in [3.63, 3.8) is 0 Å². The second kappa shape index (κ2) is 8.00. The first-order valence-electron chi connectivity index (χ1n) is 9.36. The molecule has 5 nitrogen and oxygen atoms in total. The average molecular weight is 343 g/mol. The SMILES string of the molecule is CC(=O)N1CCN(C(=O)CN(Cc2ccccc2)C(C)C2CC2)CC1. The Bertz CT molecular complexity index is 592. The maximum atomic E-state index is 12.8. The van der Waals surface area contributed by atoms with Gasteiger partial charge in [0.2, 0.25) is 11.8 Å². The molecule has 1 unspecified atom stereocenters. The third-order valence-corrected chi connectivity index (χ3v) is 5.52. The zero-order valence-electron chi connectivity index (χ0n) is 15.4. The molecule has 5 heteroatoms. The lowest BCUT2D eigenvalue weighted by atomic mass is 10.1. The molecule has 0 bridgehead atoms. The molecule has 1 aromatic rings. The van der Waals surface area contributed by atoms with Crippen LogP contribution in [0.25, 0.3) is 0 Å². The number of hydrogen-bond acceptors (Lipinski definition) is 3. The molecule has 25 heavy (non-hydrogen) atoms. The summed E-state index contributed by atoms with van der Waals surface area (Å²) in [5.41, 5.74) is 1.25. The van der Waals surface area contributed by atoms with Crippen molar-refractivity contribution in [2.24, 2.45) is 5.92 Å². The lowest BCUT2D eigenvalue weighted by Crippen LogP contribution is -2.53. The maximum Gasteiger partial charge on any atom is 0.236 e. The highest BCUT2D eigenvalue weighted by Crippen LogP contribution is 2.35. The van der Waals surface area contributed by atoms with E-state index in [1.54, 1.807) is 6.92 Å². The van der Waals surface area contributed by atoms with Crippen LogP contribution in [0, 0.1) is 5.92 Å². The third kappa shape index (κ3) is 4.82. The topological polar surface area (TPSA) is 43.9 Å². The van der Waals surface area contributed by atoms with Crippen molar-refractivity contribution < 1.29 is 9.59 Å². The van der Waals surface area contributed by atoms with E-state index in [0.29, 0.717) is 38.8 Å². The molecule has 1 saturated heterocycles. The van der Waals surface area contributed by atoms with Crippen LogP contribution >= 0.6 is 0 Å². The van der Waals surface area contributed by atoms with Crippen LogP contribution in [0.1, 0.15) is 32.3 Å². The molecule has 1 aliphatic heterocycles. The molecule has 0 radical (unpaired) electrons. The summed E-state index contributed by atoms with van der Waals surface area (Å²) >= 11 is 0. The van der Waals surface area contributed by atoms with E-state index >= 15 is 0 Å². The summed E-state index contributed by atoms with van der Waals surface area (Å²) < 4.78 is 0. The summed E-state index contributed by atoms with van der Waals surface area (Å²) in [6.07, 6.45) is 2.55. The predicted molar refractivity (Wildman–Crippen MR) is 97.9 cm³/mol. The minimum atomic E-state index is 0.0974. The van der Waals surface area contributed by atoms with Gasteiger partial charge in [0.25, 0.3) is 0 Å². The number of carbonyl (C=O) groups excluding carboxylic acids is 2. The standard InChI is InChI=1S/C20H29N3O2/c1-16(19-8-9-19)23(14-18-6-4-3-5-7-18)15-20(25)22-12-10-21(11-13-22)17(2)24/h3-7,16,19H,8-15H2,1-2H3. The molecule has 1 aromatic carbocycles. The van der Waals surface area contributed by atoms with Gasteiger partial charge in [0.05, 0.1) is 6.54 Å². The smallest absolute Gasteiger partial charge is 0.236 e. The maximum absolute atomic E-state index is 12.8. The summed E-state index contributed by atoms with van der Waals surface area (Å²) in [5, 5.41) is 0. The molecular formula is C20H29N3O2. The number of nitrogens with zero attached hydrogens (tertiary/aromatic N) is 3. The summed E-state index contributed by atoms with van der Waals surface area (Å²) in [7, 11) is 0. The summed E-state index contributed by atoms with van der Waals surface area (Å²) in [6, 6.07) is 10.8. The Morgan fingerprint density at radius 3 is 2.24 bits per heavy atom. The van der Waals surface area contributed by atoms with Crippen LogP contribution < -0.4 is 0 Å². The lowest BCUT2D eigenvalue weighted by Gasteiger charge is -2.36. The number of carbonyl (C=O) groups is 2. The Morgan fingerprint density at radius 2 is 1.68 bits per heavy atom. The van der Waals surface area contributed by atoms with Gasteiger partial charge in [-0.2, -0.15) is 0 Å². The van der Waals surface area contributed by atoms with E-state index in [0.717, 1.165) is 12.5 Å². The number of piperazine rings is 1. The molecule has 136 valence electrons. The third-order valence-electron chi connectivity index (χ3n) is 5.52. The van der Waals surface area contributed by atoms with E-state index in [-0.39, 0.29) is 11.8 Å². The van der Waals surface area contributed by atoms with Gasteiger partial charge in [0.15, 0.2) is 0 Å². The number of benzene rings is 1. The van der Waals surface area contributed by atoms with Gasteiger partial charge in [0, 0.05) is 45.7 Å². The molecule has 0 N–H and O–H groups in total. The van der Waals surface area contributed by atoms with Gasteiger partial charge in [-0.3, -0.25) is 14.5 Å². The van der Waals surface area contributed by atoms with Crippen molar-refractivity contribution in [3.05, 3.63) is 35.9 Å². The van der Waals surface area contributed by atoms with E-state index in [4.69, 9.17) is 0 Å². The predicted octanol–water partition coefficient (Wildman–Crippen LogP) is 1.98. The van der Waals surface area contributed by atoms with E-state index in [1.807, 2.05) is 15.9 Å². The van der Waals surface area contributed by atoms with E-state index in [1.165, 1.54) is 18.4 Å². The second-order valence-electron chi connectivity index (χ2n) is 7.36. The monoisotopic (exact) mass is 343 g/mol. The van der Waals surface area contributed by atoms with Crippen LogP contribution in [-0.4, -0.2) is 65.3 Å². The Hall–Kier alpha value is -1.88. The van der Waals surface area contributed by atoms with Gasteiger partial charge in [-0.25, -0.2) is 0 Å². The van der Waals surface area contributed by atoms with Crippen molar-refractivity contribution >= 4 is 11.8 Å². The average Bonchev–Trinajstić information content (AvgIpc) is 3.46. The van der Waals surface area contributed by atoms with Gasteiger partial charge < -0.3 is 9.80 Å². The van der Waals surface area contributed by atoms with Crippen molar-refractivity contribution in [1.29, 1.82) is 0 Å². The molecule has 2 aliphatic rings. The van der Waals surface area contributed by atoms with Crippen LogP contribution in [0.5, 0.6) is 0 Å². The fourth-order valence-corrected chi connectivity index (χ4v) is 3.58. The van der Waals surface area contributed by atoms with Crippen LogP contribution in [0.3, 0.4) is 0 Å². The van der Waals surface area contributed by atoms with E-state index in [2.05, 4.69) is 36.1 Å². The molecule has 3 rings (SSSR count). The van der Waals surface area contributed by atoms with Gasteiger partial charge in [0.1, 0.15) is 0 Å². The fraction of sp³-hybridized carbons (Fsp3) is 0.600. The minimum absolute atomic E-state index is 0.0974. The summed E-state index contributed by atoms with van der Waals surface area (Å²) in [5.74, 6) is 1.01. The van der Waals surface area contributed by atoms with Crippen LogP contribution in [0.2, 0.25) is 0 Å². The number of rotatable bonds is 6. The highest BCUT2D eigenvalue weighted by Gasteiger charge is 2.33. The Morgan fingerprint density at radius 1 is 1.08 bits per heavy atom. The van der Waals surface area contributed by atoms with Gasteiger partial charge in [-0.05, 0) is 31.2 Å². The molecule has 1 aliphatic carbocycles. The molecule has 2 fully saturated rings. The Kier molecular flexibility index (Phi) is 5.74. The second-order valence-corrected chi connectivity index (χ2v) is 7.36. The van der Waals surface area contributed by atoms with E-state index in [9.17, 15) is 9.59 Å². The first-order chi connectivity index (χ1) is 12.0. The zero-order chi connectivity index (χ0) is 17.8. The molecule has 0 aromatic heterocycles.